The number of para-hydroxylation sites is 1. The minimum Gasteiger partial charge on any atom is -0.429 e. The van der Waals surface area contributed by atoms with Crippen LogP contribution in [0, 0.1) is 6.92 Å². The third-order valence-electron chi connectivity index (χ3n) is 3.62. The summed E-state index contributed by atoms with van der Waals surface area (Å²) in [5.41, 5.74) is 0. The Hall–Kier alpha value is -2.60. The lowest BCUT2D eigenvalue weighted by atomic mass is 10.3. The van der Waals surface area contributed by atoms with Crippen molar-refractivity contribution in [2.24, 2.45) is 7.05 Å². The molecule has 0 fully saturated rings. The second-order valence-electron chi connectivity index (χ2n) is 5.53. The van der Waals surface area contributed by atoms with Crippen molar-refractivity contribution >= 4 is 0 Å². The van der Waals surface area contributed by atoms with Crippen LogP contribution in [0.5, 0.6) is 11.7 Å². The Morgan fingerprint density at radius 1 is 1.09 bits per heavy atom. The molecule has 0 radical (unpaired) electrons. The van der Waals surface area contributed by atoms with Gasteiger partial charge in [-0.15, -0.1) is 10.2 Å². The zero-order valence-corrected chi connectivity index (χ0v) is 13.6. The van der Waals surface area contributed by atoms with Gasteiger partial charge in [0.2, 0.25) is 0 Å². The van der Waals surface area contributed by atoms with Crippen molar-refractivity contribution in [2.45, 2.75) is 20.0 Å². The smallest absolute Gasteiger partial charge is 0.290 e. The number of ether oxygens (including phenoxy) is 1. The molecule has 0 aliphatic rings. The maximum atomic E-state index is 5.72. The van der Waals surface area contributed by atoms with Gasteiger partial charge in [0, 0.05) is 13.1 Å². The van der Waals surface area contributed by atoms with E-state index >= 15 is 0 Å². The van der Waals surface area contributed by atoms with E-state index in [0.29, 0.717) is 19.0 Å². The lowest BCUT2D eigenvalue weighted by Crippen LogP contribution is -2.19. The molecule has 0 spiro atoms. The summed E-state index contributed by atoms with van der Waals surface area (Å²) in [7, 11) is 3.99. The molecule has 3 aromatic rings. The summed E-state index contributed by atoms with van der Waals surface area (Å²) in [4.78, 5) is 2.12. The van der Waals surface area contributed by atoms with Crippen LogP contribution in [-0.4, -0.2) is 26.7 Å². The summed E-state index contributed by atoms with van der Waals surface area (Å²) in [6.45, 7) is 3.31. The number of aryl methyl sites for hydroxylation is 1. The molecule has 6 nitrogen and oxygen atoms in total. The molecular formula is C17H20N4O2. The summed E-state index contributed by atoms with van der Waals surface area (Å²) in [5, 5.41) is 8.24. The highest BCUT2D eigenvalue weighted by Crippen LogP contribution is 2.24. The van der Waals surface area contributed by atoms with Gasteiger partial charge in [-0.1, -0.05) is 18.2 Å². The molecule has 0 bridgehead atoms. The van der Waals surface area contributed by atoms with Crippen molar-refractivity contribution in [3.05, 3.63) is 59.9 Å². The predicted octanol–water partition coefficient (Wildman–Crippen LogP) is 3.14. The van der Waals surface area contributed by atoms with Crippen molar-refractivity contribution in [3.63, 3.8) is 0 Å². The van der Waals surface area contributed by atoms with E-state index in [2.05, 4.69) is 15.1 Å². The van der Waals surface area contributed by atoms with Gasteiger partial charge in [-0.2, -0.15) is 0 Å². The van der Waals surface area contributed by atoms with Crippen LogP contribution in [0.25, 0.3) is 0 Å². The Labute approximate surface area is 135 Å². The maximum Gasteiger partial charge on any atom is 0.290 e. The molecule has 1 aromatic carbocycles. The van der Waals surface area contributed by atoms with E-state index in [1.54, 1.807) is 0 Å². The van der Waals surface area contributed by atoms with Gasteiger partial charge in [-0.3, -0.25) is 4.90 Å². The van der Waals surface area contributed by atoms with E-state index in [9.17, 15) is 0 Å². The SMILES string of the molecule is Cc1nnc(CN(C)Cc2ccc(Oc3ccccc3)o2)n1C. The van der Waals surface area contributed by atoms with Gasteiger partial charge in [0.25, 0.3) is 5.95 Å². The molecule has 0 amide bonds. The first-order chi connectivity index (χ1) is 11.1. The zero-order chi connectivity index (χ0) is 16.2. The molecule has 120 valence electrons. The van der Waals surface area contributed by atoms with Gasteiger partial charge >= 0.3 is 0 Å². The Balaban J connectivity index is 1.59. The molecule has 0 atom stereocenters. The number of aromatic nitrogens is 3. The van der Waals surface area contributed by atoms with Crippen molar-refractivity contribution in [2.75, 3.05) is 7.05 Å². The van der Waals surface area contributed by atoms with Crippen molar-refractivity contribution < 1.29 is 9.15 Å². The highest BCUT2D eigenvalue weighted by Gasteiger charge is 2.11. The minimum absolute atomic E-state index is 0.495. The molecule has 0 aliphatic carbocycles. The molecule has 23 heavy (non-hydrogen) atoms. The number of rotatable bonds is 6. The monoisotopic (exact) mass is 312 g/mol. The predicted molar refractivity (Wildman–Crippen MR) is 86.1 cm³/mol. The molecule has 2 heterocycles. The quantitative estimate of drug-likeness (QED) is 0.700. The number of hydrogen-bond acceptors (Lipinski definition) is 5. The standard InChI is InChI=1S/C17H20N4O2/c1-13-18-19-16(21(13)3)12-20(2)11-15-9-10-17(23-15)22-14-7-5-4-6-8-14/h4-10H,11-12H2,1-3H3. The fourth-order valence-corrected chi connectivity index (χ4v) is 2.25. The summed E-state index contributed by atoms with van der Waals surface area (Å²) >= 11 is 0. The number of benzene rings is 1. The third-order valence-corrected chi connectivity index (χ3v) is 3.62. The summed E-state index contributed by atoms with van der Waals surface area (Å²) in [5.74, 6) is 3.94. The lowest BCUT2D eigenvalue weighted by Gasteiger charge is -2.14. The van der Waals surface area contributed by atoms with Crippen LogP contribution >= 0.6 is 0 Å². The Morgan fingerprint density at radius 2 is 1.87 bits per heavy atom. The van der Waals surface area contributed by atoms with E-state index < -0.39 is 0 Å². The Bertz CT molecular complexity index is 764. The minimum atomic E-state index is 0.495. The lowest BCUT2D eigenvalue weighted by molar-refractivity contribution is 0.259. The van der Waals surface area contributed by atoms with Crippen LogP contribution in [0.2, 0.25) is 0 Å². The average molecular weight is 312 g/mol. The van der Waals surface area contributed by atoms with E-state index in [-0.39, 0.29) is 0 Å². The van der Waals surface area contributed by atoms with E-state index in [1.165, 1.54) is 0 Å². The van der Waals surface area contributed by atoms with Gasteiger partial charge < -0.3 is 13.7 Å². The van der Waals surface area contributed by atoms with Crippen LogP contribution in [0.1, 0.15) is 17.4 Å². The fourth-order valence-electron chi connectivity index (χ4n) is 2.25. The van der Waals surface area contributed by atoms with Crippen LogP contribution in [-0.2, 0) is 20.1 Å². The molecule has 6 heteroatoms. The van der Waals surface area contributed by atoms with Gasteiger partial charge in [-0.05, 0) is 32.2 Å². The summed E-state index contributed by atoms with van der Waals surface area (Å²) < 4.78 is 13.4. The Morgan fingerprint density at radius 3 is 2.57 bits per heavy atom. The second kappa shape index (κ2) is 6.66. The first-order valence-electron chi connectivity index (χ1n) is 7.47. The van der Waals surface area contributed by atoms with Crippen molar-refractivity contribution in [1.82, 2.24) is 19.7 Å². The van der Waals surface area contributed by atoms with Crippen LogP contribution < -0.4 is 4.74 Å². The normalized spacial score (nSPS) is 11.1. The van der Waals surface area contributed by atoms with E-state index in [1.807, 2.05) is 68.1 Å². The molecule has 0 saturated carbocycles. The first kappa shape index (κ1) is 15.3. The molecule has 3 rings (SSSR count). The summed E-state index contributed by atoms with van der Waals surface area (Å²) in [6.07, 6.45) is 0. The molecule has 0 aliphatic heterocycles. The average Bonchev–Trinajstić information content (AvgIpc) is 3.10. The zero-order valence-electron chi connectivity index (χ0n) is 13.6. The van der Waals surface area contributed by atoms with E-state index in [4.69, 9.17) is 9.15 Å². The van der Waals surface area contributed by atoms with Crippen molar-refractivity contribution in [1.29, 1.82) is 0 Å². The van der Waals surface area contributed by atoms with Gasteiger partial charge in [-0.25, -0.2) is 0 Å². The largest absolute Gasteiger partial charge is 0.429 e. The van der Waals surface area contributed by atoms with Gasteiger partial charge in [0.15, 0.2) is 0 Å². The highest BCUT2D eigenvalue weighted by atomic mass is 16.6. The fraction of sp³-hybridized carbons (Fsp3) is 0.294. The van der Waals surface area contributed by atoms with Gasteiger partial charge in [0.05, 0.1) is 13.1 Å². The maximum absolute atomic E-state index is 5.72. The molecule has 0 saturated heterocycles. The van der Waals surface area contributed by atoms with Gasteiger partial charge in [0.1, 0.15) is 23.2 Å². The molecular weight excluding hydrogens is 292 g/mol. The number of furan rings is 1. The summed E-state index contributed by atoms with van der Waals surface area (Å²) in [6, 6.07) is 13.4. The number of nitrogens with zero attached hydrogens (tertiary/aromatic N) is 4. The van der Waals surface area contributed by atoms with Crippen LogP contribution in [0.4, 0.5) is 0 Å². The third kappa shape index (κ3) is 3.78. The Kier molecular flexibility index (Phi) is 4.43. The van der Waals surface area contributed by atoms with Crippen molar-refractivity contribution in [3.8, 4) is 11.7 Å². The number of hydrogen-bond donors (Lipinski definition) is 0. The molecule has 2 aromatic heterocycles. The van der Waals surface area contributed by atoms with E-state index in [0.717, 1.165) is 23.2 Å². The molecule has 0 unspecified atom stereocenters. The highest BCUT2D eigenvalue weighted by molar-refractivity contribution is 5.26. The van der Waals surface area contributed by atoms with Crippen LogP contribution in [0.15, 0.2) is 46.9 Å². The first-order valence-corrected chi connectivity index (χ1v) is 7.47. The van der Waals surface area contributed by atoms with Crippen LogP contribution in [0.3, 0.4) is 0 Å². The topological polar surface area (TPSA) is 56.3 Å². The molecule has 0 N–H and O–H groups in total. The second-order valence-corrected chi connectivity index (χ2v) is 5.53.